The highest BCUT2D eigenvalue weighted by Crippen LogP contribution is 2.48. The minimum Gasteiger partial charge on any atom is -0.492 e. The van der Waals surface area contributed by atoms with E-state index >= 15 is 0 Å². The number of nitrogens with zero attached hydrogens (tertiary/aromatic N) is 9. The van der Waals surface area contributed by atoms with Gasteiger partial charge in [0.15, 0.2) is 6.23 Å². The number of benzene rings is 2. The molecular formula is C36H42ClN9O4. The zero-order valence-corrected chi connectivity index (χ0v) is 29.5. The van der Waals surface area contributed by atoms with Crippen molar-refractivity contribution in [3.63, 3.8) is 0 Å². The highest BCUT2D eigenvalue weighted by molar-refractivity contribution is 6.36. The van der Waals surface area contributed by atoms with Crippen LogP contribution in [0.15, 0.2) is 18.3 Å². The van der Waals surface area contributed by atoms with E-state index in [2.05, 4.69) is 47.0 Å². The van der Waals surface area contributed by atoms with Crippen LogP contribution in [0.3, 0.4) is 0 Å². The summed E-state index contributed by atoms with van der Waals surface area (Å²) in [6, 6.07) is 6.34. The van der Waals surface area contributed by atoms with Crippen molar-refractivity contribution >= 4 is 51.3 Å². The summed E-state index contributed by atoms with van der Waals surface area (Å²) in [5.74, 6) is 2.07. The molecule has 3 fully saturated rings. The highest BCUT2D eigenvalue weighted by Gasteiger charge is 2.36. The van der Waals surface area contributed by atoms with E-state index in [1.165, 1.54) is 4.90 Å². The lowest BCUT2D eigenvalue weighted by Gasteiger charge is -2.43. The number of carbonyl (C=O) groups is 1. The lowest BCUT2D eigenvalue weighted by molar-refractivity contribution is -0.0366. The van der Waals surface area contributed by atoms with E-state index in [0.29, 0.717) is 42.5 Å². The lowest BCUT2D eigenvalue weighted by Crippen LogP contribution is -2.58. The molecule has 50 heavy (non-hydrogen) atoms. The lowest BCUT2D eigenvalue weighted by atomic mass is 9.89. The molecule has 6 heterocycles. The number of anilines is 2. The Morgan fingerprint density at radius 2 is 1.96 bits per heavy atom. The number of nitriles is 1. The van der Waals surface area contributed by atoms with Crippen molar-refractivity contribution < 1.29 is 19.4 Å². The summed E-state index contributed by atoms with van der Waals surface area (Å²) >= 11 is 7.25. The molecule has 14 heteroatoms. The predicted molar refractivity (Wildman–Crippen MR) is 191 cm³/mol. The Kier molecular flexibility index (Phi) is 8.57. The van der Waals surface area contributed by atoms with Gasteiger partial charge in [-0.25, -0.2) is 14.5 Å². The Hall–Kier alpha value is -4.38. The Morgan fingerprint density at radius 3 is 2.70 bits per heavy atom. The van der Waals surface area contributed by atoms with Gasteiger partial charge in [-0.2, -0.15) is 15.3 Å². The van der Waals surface area contributed by atoms with Gasteiger partial charge in [-0.15, -0.1) is 0 Å². The van der Waals surface area contributed by atoms with E-state index in [0.717, 1.165) is 102 Å². The van der Waals surface area contributed by atoms with E-state index in [9.17, 15) is 15.2 Å². The standard InChI is InChI=1S/C36H42ClN9O4/c1-21-15-28-26(17-39-46(28)29-8-4-5-13-49-29)30(32(21)37)25-16-27-31(33-24(25)7-6-14-50-33)34(41-35(40-27)44-19-23(20-44)42(2)3)43-11-12-45(36(47)48)22(18-43)9-10-38/h15-17,22-23,29H,4-9,11-14,18-20H2,1-3H3,(H,47,48)/t22-,29?/m0/s1. The first kappa shape index (κ1) is 32.8. The van der Waals surface area contributed by atoms with Crippen molar-refractivity contribution in [1.82, 2.24) is 29.5 Å². The molecule has 0 bridgehead atoms. The Bertz CT molecular complexity index is 2010. The molecule has 13 nitrogen and oxygen atoms in total. The SMILES string of the molecule is Cc1cc2c(cnn2C2CCCCO2)c(-c2cc3nc(N4CC(N(C)C)C4)nc(N4CCN(C(=O)O)[C@@H](CC#N)C4)c3c3c2CCCO3)c1Cl. The van der Waals surface area contributed by atoms with Gasteiger partial charge in [-0.05, 0) is 76.4 Å². The molecule has 1 unspecified atom stereocenters. The average Bonchev–Trinajstić information content (AvgIpc) is 3.50. The topological polar surface area (TPSA) is 136 Å². The van der Waals surface area contributed by atoms with Crippen LogP contribution in [0.25, 0.3) is 32.9 Å². The number of aryl methyl sites for hydroxylation is 1. The van der Waals surface area contributed by atoms with Gasteiger partial charge < -0.3 is 34.2 Å². The fourth-order valence-electron chi connectivity index (χ4n) is 7.92. The second-order valence-corrected chi connectivity index (χ2v) is 14.5. The number of hydrogen-bond acceptors (Lipinski definition) is 10. The molecule has 2 aromatic carbocycles. The number of aromatic nitrogens is 4. The van der Waals surface area contributed by atoms with Crippen LogP contribution in [0.2, 0.25) is 5.02 Å². The molecule has 0 radical (unpaired) electrons. The largest absolute Gasteiger partial charge is 0.492 e. The molecule has 2 aromatic heterocycles. The van der Waals surface area contributed by atoms with Gasteiger partial charge in [0.1, 0.15) is 11.6 Å². The Labute approximate surface area is 295 Å². The molecule has 0 saturated carbocycles. The number of hydrogen-bond donors (Lipinski definition) is 1. The van der Waals surface area contributed by atoms with Crippen molar-refractivity contribution in [2.75, 3.05) is 69.8 Å². The van der Waals surface area contributed by atoms with Gasteiger partial charge in [0, 0.05) is 61.9 Å². The van der Waals surface area contributed by atoms with Crippen LogP contribution in [-0.4, -0.2) is 113 Å². The first-order valence-electron chi connectivity index (χ1n) is 17.5. The monoisotopic (exact) mass is 699 g/mol. The summed E-state index contributed by atoms with van der Waals surface area (Å²) in [7, 11) is 4.16. The number of halogens is 1. The summed E-state index contributed by atoms with van der Waals surface area (Å²) in [4.78, 5) is 30.4. The molecule has 1 amide bonds. The van der Waals surface area contributed by atoms with Crippen LogP contribution in [0.1, 0.15) is 49.5 Å². The third-order valence-corrected chi connectivity index (χ3v) is 11.3. The highest BCUT2D eigenvalue weighted by atomic mass is 35.5. The second-order valence-electron chi connectivity index (χ2n) is 14.1. The third kappa shape index (κ3) is 5.54. The summed E-state index contributed by atoms with van der Waals surface area (Å²) in [5.41, 5.74) is 5.61. The van der Waals surface area contributed by atoms with Gasteiger partial charge in [-0.1, -0.05) is 11.6 Å². The van der Waals surface area contributed by atoms with E-state index in [4.69, 9.17) is 36.1 Å². The van der Waals surface area contributed by atoms with Gasteiger partial charge in [-0.3, -0.25) is 0 Å². The Morgan fingerprint density at radius 1 is 1.12 bits per heavy atom. The maximum atomic E-state index is 12.1. The van der Waals surface area contributed by atoms with Crippen molar-refractivity contribution in [3.05, 3.63) is 34.5 Å². The number of rotatable bonds is 6. The first-order chi connectivity index (χ1) is 24.2. The van der Waals surface area contributed by atoms with Gasteiger partial charge in [0.05, 0.1) is 52.8 Å². The maximum absolute atomic E-state index is 12.1. The molecule has 262 valence electrons. The van der Waals surface area contributed by atoms with Crippen LogP contribution < -0.4 is 14.5 Å². The van der Waals surface area contributed by atoms with Crippen LogP contribution in [-0.2, 0) is 11.2 Å². The van der Waals surface area contributed by atoms with Gasteiger partial charge >= 0.3 is 6.09 Å². The molecule has 0 aliphatic carbocycles. The first-order valence-corrected chi connectivity index (χ1v) is 17.9. The molecule has 4 aliphatic rings. The van der Waals surface area contributed by atoms with Crippen LogP contribution in [0.5, 0.6) is 5.75 Å². The summed E-state index contributed by atoms with van der Waals surface area (Å²) < 4.78 is 14.7. The van der Waals surface area contributed by atoms with Crippen LogP contribution in [0.4, 0.5) is 16.6 Å². The molecule has 1 N–H and O–H groups in total. The molecule has 3 saturated heterocycles. The summed E-state index contributed by atoms with van der Waals surface area (Å²) in [5, 5.41) is 26.8. The van der Waals surface area contributed by atoms with Crippen LogP contribution >= 0.6 is 11.6 Å². The number of fused-ring (bicyclic) bond motifs is 4. The Balaban J connectivity index is 1.33. The fraction of sp³-hybridized carbons (Fsp3) is 0.528. The molecule has 0 spiro atoms. The number of likely N-dealkylation sites (N-methyl/N-ethyl adjacent to an activating group) is 1. The average molecular weight is 700 g/mol. The van der Waals surface area contributed by atoms with Gasteiger partial charge in [0.2, 0.25) is 5.95 Å². The number of carboxylic acid groups (broad SMARTS) is 1. The summed E-state index contributed by atoms with van der Waals surface area (Å²) in [6.45, 7) is 5.94. The minimum absolute atomic E-state index is 0.0928. The number of piperazine rings is 1. The van der Waals surface area contributed by atoms with E-state index in [-0.39, 0.29) is 19.2 Å². The maximum Gasteiger partial charge on any atom is 0.407 e. The molecule has 4 aliphatic heterocycles. The molecule has 8 rings (SSSR count). The quantitative estimate of drug-likeness (QED) is 0.275. The number of amides is 1. The smallest absolute Gasteiger partial charge is 0.407 e. The van der Waals surface area contributed by atoms with E-state index in [1.54, 1.807) is 0 Å². The van der Waals surface area contributed by atoms with Crippen molar-refractivity contribution in [2.24, 2.45) is 0 Å². The number of ether oxygens (including phenoxy) is 2. The van der Waals surface area contributed by atoms with Crippen LogP contribution in [0, 0.1) is 18.3 Å². The van der Waals surface area contributed by atoms with Crippen molar-refractivity contribution in [1.29, 1.82) is 5.26 Å². The predicted octanol–water partition coefficient (Wildman–Crippen LogP) is 5.46. The third-order valence-electron chi connectivity index (χ3n) is 10.8. The minimum atomic E-state index is -1.02. The molecule has 2 atom stereocenters. The van der Waals surface area contributed by atoms with Crippen molar-refractivity contribution in [3.8, 4) is 22.9 Å². The van der Waals surface area contributed by atoms with E-state index < -0.39 is 12.1 Å². The van der Waals surface area contributed by atoms with Crippen molar-refractivity contribution in [2.45, 2.75) is 63.8 Å². The molecule has 4 aromatic rings. The normalized spacial score (nSPS) is 21.3. The zero-order chi connectivity index (χ0) is 34.7. The zero-order valence-electron chi connectivity index (χ0n) is 28.7. The van der Waals surface area contributed by atoms with E-state index in [1.807, 2.05) is 17.8 Å². The molecular weight excluding hydrogens is 658 g/mol. The summed E-state index contributed by atoms with van der Waals surface area (Å²) in [6.07, 6.45) is 5.57. The second kappa shape index (κ2) is 13.1. The van der Waals surface area contributed by atoms with Gasteiger partial charge in [0.25, 0.3) is 0 Å². The fourth-order valence-corrected chi connectivity index (χ4v) is 8.18.